The molecule has 1 unspecified atom stereocenters. The maximum absolute atomic E-state index is 9.75. The molecule has 15 heavy (non-hydrogen) atoms. The van der Waals surface area contributed by atoms with Gasteiger partial charge in [-0.05, 0) is 6.54 Å². The van der Waals surface area contributed by atoms with E-state index in [0.29, 0.717) is 19.0 Å². The van der Waals surface area contributed by atoms with Gasteiger partial charge in [0, 0.05) is 24.9 Å². The molecule has 0 aliphatic rings. The standard InChI is InChI=1S/C11H21N3O/c1-4-12-7-10(15)8-14-6-5-13-11(14)9(2)3/h5-6,9-10,12,15H,4,7-8H2,1-3H3. The third-order valence-corrected chi connectivity index (χ3v) is 2.30. The highest BCUT2D eigenvalue weighted by atomic mass is 16.3. The highest BCUT2D eigenvalue weighted by Crippen LogP contribution is 2.11. The van der Waals surface area contributed by atoms with Crippen molar-refractivity contribution in [2.75, 3.05) is 13.1 Å². The summed E-state index contributed by atoms with van der Waals surface area (Å²) in [6.07, 6.45) is 3.36. The summed E-state index contributed by atoms with van der Waals surface area (Å²) < 4.78 is 2.02. The molecule has 0 spiro atoms. The second-order valence-corrected chi connectivity index (χ2v) is 4.05. The van der Waals surface area contributed by atoms with Gasteiger partial charge in [0.25, 0.3) is 0 Å². The van der Waals surface area contributed by atoms with Crippen LogP contribution in [0.2, 0.25) is 0 Å². The Kier molecular flexibility index (Phi) is 4.78. The predicted octanol–water partition coefficient (Wildman–Crippen LogP) is 0.977. The number of aliphatic hydroxyl groups excluding tert-OH is 1. The number of hydrogen-bond acceptors (Lipinski definition) is 3. The molecule has 0 fully saturated rings. The van der Waals surface area contributed by atoms with Crippen molar-refractivity contribution in [3.8, 4) is 0 Å². The summed E-state index contributed by atoms with van der Waals surface area (Å²) in [7, 11) is 0. The van der Waals surface area contributed by atoms with Crippen molar-refractivity contribution in [2.45, 2.75) is 39.3 Å². The third kappa shape index (κ3) is 3.64. The van der Waals surface area contributed by atoms with Gasteiger partial charge in [0.1, 0.15) is 5.82 Å². The molecular formula is C11H21N3O. The van der Waals surface area contributed by atoms with Gasteiger partial charge in [0.15, 0.2) is 0 Å². The molecule has 0 saturated heterocycles. The Morgan fingerprint density at radius 3 is 2.87 bits per heavy atom. The van der Waals surface area contributed by atoms with Crippen molar-refractivity contribution in [1.82, 2.24) is 14.9 Å². The fraction of sp³-hybridized carbons (Fsp3) is 0.727. The van der Waals surface area contributed by atoms with Crippen molar-refractivity contribution >= 4 is 0 Å². The maximum atomic E-state index is 9.75. The first kappa shape index (κ1) is 12.2. The summed E-state index contributed by atoms with van der Waals surface area (Å²) >= 11 is 0. The van der Waals surface area contributed by atoms with Gasteiger partial charge in [0.05, 0.1) is 12.6 Å². The van der Waals surface area contributed by atoms with E-state index in [1.807, 2.05) is 17.7 Å². The summed E-state index contributed by atoms with van der Waals surface area (Å²) in [5.41, 5.74) is 0. The lowest BCUT2D eigenvalue weighted by Gasteiger charge is -2.15. The molecule has 0 aliphatic carbocycles. The van der Waals surface area contributed by atoms with Crippen LogP contribution in [0.25, 0.3) is 0 Å². The Labute approximate surface area is 91.3 Å². The van der Waals surface area contributed by atoms with E-state index in [0.717, 1.165) is 12.4 Å². The topological polar surface area (TPSA) is 50.1 Å². The number of nitrogens with one attached hydrogen (secondary N) is 1. The summed E-state index contributed by atoms with van der Waals surface area (Å²) in [6, 6.07) is 0. The van der Waals surface area contributed by atoms with E-state index in [9.17, 15) is 5.11 Å². The van der Waals surface area contributed by atoms with Crippen molar-refractivity contribution in [2.24, 2.45) is 0 Å². The van der Waals surface area contributed by atoms with E-state index in [1.165, 1.54) is 0 Å². The lowest BCUT2D eigenvalue weighted by Crippen LogP contribution is -2.30. The van der Waals surface area contributed by atoms with Crippen LogP contribution in [-0.2, 0) is 6.54 Å². The maximum Gasteiger partial charge on any atom is 0.111 e. The Hall–Kier alpha value is -0.870. The molecule has 0 bridgehead atoms. The second kappa shape index (κ2) is 5.88. The lowest BCUT2D eigenvalue weighted by atomic mass is 10.2. The van der Waals surface area contributed by atoms with E-state index >= 15 is 0 Å². The normalized spacial score (nSPS) is 13.4. The number of rotatable bonds is 6. The Balaban J connectivity index is 2.52. The van der Waals surface area contributed by atoms with Gasteiger partial charge in [-0.2, -0.15) is 0 Å². The number of aliphatic hydroxyl groups is 1. The smallest absolute Gasteiger partial charge is 0.111 e. The van der Waals surface area contributed by atoms with E-state index in [1.54, 1.807) is 6.20 Å². The number of nitrogens with zero attached hydrogens (tertiary/aromatic N) is 2. The summed E-state index contributed by atoms with van der Waals surface area (Å²) in [6.45, 7) is 8.37. The zero-order valence-electron chi connectivity index (χ0n) is 9.77. The third-order valence-electron chi connectivity index (χ3n) is 2.30. The average molecular weight is 211 g/mol. The van der Waals surface area contributed by atoms with Crippen LogP contribution in [0.5, 0.6) is 0 Å². The Bertz CT molecular complexity index is 283. The molecule has 0 aromatic carbocycles. The first-order valence-corrected chi connectivity index (χ1v) is 5.55. The Morgan fingerprint density at radius 1 is 1.53 bits per heavy atom. The van der Waals surface area contributed by atoms with Gasteiger partial charge >= 0.3 is 0 Å². The predicted molar refractivity (Wildman–Crippen MR) is 60.9 cm³/mol. The van der Waals surface area contributed by atoms with E-state index in [2.05, 4.69) is 24.1 Å². The molecule has 0 amide bonds. The lowest BCUT2D eigenvalue weighted by molar-refractivity contribution is 0.151. The number of aromatic nitrogens is 2. The molecule has 1 heterocycles. The van der Waals surface area contributed by atoms with Gasteiger partial charge in [-0.15, -0.1) is 0 Å². The zero-order valence-corrected chi connectivity index (χ0v) is 9.77. The summed E-state index contributed by atoms with van der Waals surface area (Å²) in [5, 5.41) is 12.9. The molecule has 1 aromatic heterocycles. The minimum atomic E-state index is -0.350. The summed E-state index contributed by atoms with van der Waals surface area (Å²) in [4.78, 5) is 4.28. The molecule has 4 nitrogen and oxygen atoms in total. The molecule has 1 rings (SSSR count). The van der Waals surface area contributed by atoms with E-state index < -0.39 is 0 Å². The van der Waals surface area contributed by atoms with Crippen molar-refractivity contribution < 1.29 is 5.11 Å². The van der Waals surface area contributed by atoms with Crippen LogP contribution in [0, 0.1) is 0 Å². The quantitative estimate of drug-likeness (QED) is 0.737. The highest BCUT2D eigenvalue weighted by molar-refractivity contribution is 4.97. The Morgan fingerprint density at radius 2 is 2.27 bits per heavy atom. The number of likely N-dealkylation sites (N-methyl/N-ethyl adjacent to an activating group) is 1. The van der Waals surface area contributed by atoms with Crippen LogP contribution in [0.4, 0.5) is 0 Å². The van der Waals surface area contributed by atoms with Crippen LogP contribution in [0.3, 0.4) is 0 Å². The fourth-order valence-corrected chi connectivity index (χ4v) is 1.58. The van der Waals surface area contributed by atoms with Crippen LogP contribution in [-0.4, -0.2) is 33.9 Å². The number of imidazole rings is 1. The van der Waals surface area contributed by atoms with E-state index in [-0.39, 0.29) is 6.10 Å². The first-order valence-electron chi connectivity index (χ1n) is 5.55. The van der Waals surface area contributed by atoms with Gasteiger partial charge in [0.2, 0.25) is 0 Å². The van der Waals surface area contributed by atoms with Gasteiger partial charge < -0.3 is 15.0 Å². The van der Waals surface area contributed by atoms with Crippen LogP contribution in [0.1, 0.15) is 32.5 Å². The monoisotopic (exact) mass is 211 g/mol. The number of hydrogen-bond donors (Lipinski definition) is 2. The first-order chi connectivity index (χ1) is 7.15. The molecule has 0 radical (unpaired) electrons. The second-order valence-electron chi connectivity index (χ2n) is 4.05. The summed E-state index contributed by atoms with van der Waals surface area (Å²) in [5.74, 6) is 1.43. The molecule has 1 atom stereocenters. The van der Waals surface area contributed by atoms with Crippen molar-refractivity contribution in [3.05, 3.63) is 18.2 Å². The highest BCUT2D eigenvalue weighted by Gasteiger charge is 2.10. The van der Waals surface area contributed by atoms with Crippen LogP contribution < -0.4 is 5.32 Å². The SMILES string of the molecule is CCNCC(O)Cn1ccnc1C(C)C. The average Bonchev–Trinajstić information content (AvgIpc) is 2.62. The molecular weight excluding hydrogens is 190 g/mol. The van der Waals surface area contributed by atoms with E-state index in [4.69, 9.17) is 0 Å². The molecule has 2 N–H and O–H groups in total. The largest absolute Gasteiger partial charge is 0.390 e. The van der Waals surface area contributed by atoms with Crippen molar-refractivity contribution in [3.63, 3.8) is 0 Å². The van der Waals surface area contributed by atoms with Gasteiger partial charge in [-0.1, -0.05) is 20.8 Å². The van der Waals surface area contributed by atoms with Crippen LogP contribution in [0.15, 0.2) is 12.4 Å². The van der Waals surface area contributed by atoms with Crippen LogP contribution >= 0.6 is 0 Å². The minimum Gasteiger partial charge on any atom is -0.390 e. The fourth-order valence-electron chi connectivity index (χ4n) is 1.58. The molecule has 1 aromatic rings. The molecule has 0 aliphatic heterocycles. The molecule has 4 heteroatoms. The van der Waals surface area contributed by atoms with Gasteiger partial charge in [-0.3, -0.25) is 0 Å². The van der Waals surface area contributed by atoms with Gasteiger partial charge in [-0.25, -0.2) is 4.98 Å². The minimum absolute atomic E-state index is 0.350. The zero-order chi connectivity index (χ0) is 11.3. The van der Waals surface area contributed by atoms with Crippen molar-refractivity contribution in [1.29, 1.82) is 0 Å². The molecule has 0 saturated carbocycles. The molecule has 86 valence electrons.